The zero-order valence-electron chi connectivity index (χ0n) is 9.99. The second kappa shape index (κ2) is 5.98. The number of halogens is 2. The van der Waals surface area contributed by atoms with E-state index in [4.69, 9.17) is 23.2 Å². The van der Waals surface area contributed by atoms with Gasteiger partial charge in [0.2, 0.25) is 0 Å². The minimum absolute atomic E-state index is 0.0107. The van der Waals surface area contributed by atoms with Crippen LogP contribution in [0.5, 0.6) is 0 Å². The predicted molar refractivity (Wildman–Crippen MR) is 77.8 cm³/mol. The van der Waals surface area contributed by atoms with Crippen LogP contribution in [0.4, 0.5) is 0 Å². The SMILES string of the molecule is O=C(OP(=O)(O)c1ccccc1)c1c(Cl)cccc1Cl. The van der Waals surface area contributed by atoms with Crippen LogP contribution in [-0.2, 0) is 9.09 Å². The maximum Gasteiger partial charge on any atom is 0.410 e. The molecule has 0 fully saturated rings. The molecule has 2 rings (SSSR count). The third kappa shape index (κ3) is 3.22. The van der Waals surface area contributed by atoms with Gasteiger partial charge in [-0.15, -0.1) is 0 Å². The van der Waals surface area contributed by atoms with Crippen LogP contribution in [-0.4, -0.2) is 10.9 Å². The Morgan fingerprint density at radius 1 is 1.00 bits per heavy atom. The van der Waals surface area contributed by atoms with Crippen molar-refractivity contribution in [3.05, 3.63) is 64.1 Å². The van der Waals surface area contributed by atoms with Crippen LogP contribution in [0, 0.1) is 0 Å². The van der Waals surface area contributed by atoms with E-state index in [1.54, 1.807) is 24.3 Å². The molecule has 2 aromatic rings. The second-order valence-corrected chi connectivity index (χ2v) is 6.39. The van der Waals surface area contributed by atoms with Crippen molar-refractivity contribution >= 4 is 42.1 Å². The molecule has 1 N–H and O–H groups in total. The summed E-state index contributed by atoms with van der Waals surface area (Å²) in [6, 6.07) is 12.0. The van der Waals surface area contributed by atoms with Crippen molar-refractivity contribution < 1.29 is 18.8 Å². The van der Waals surface area contributed by atoms with Gasteiger partial charge in [-0.1, -0.05) is 47.5 Å². The summed E-state index contributed by atoms with van der Waals surface area (Å²) in [5, 5.41) is 0.114. The van der Waals surface area contributed by atoms with Gasteiger partial charge < -0.3 is 9.42 Å². The van der Waals surface area contributed by atoms with Gasteiger partial charge in [-0.25, -0.2) is 9.36 Å². The summed E-state index contributed by atoms with van der Waals surface area (Å²) in [7, 11) is -4.27. The van der Waals surface area contributed by atoms with Gasteiger partial charge in [-0.2, -0.15) is 0 Å². The number of hydrogen-bond donors (Lipinski definition) is 1. The molecule has 104 valence electrons. The lowest BCUT2D eigenvalue weighted by Crippen LogP contribution is -2.12. The van der Waals surface area contributed by atoms with E-state index in [0.29, 0.717) is 0 Å². The molecule has 1 atom stereocenters. The van der Waals surface area contributed by atoms with Crippen molar-refractivity contribution in [2.24, 2.45) is 0 Å². The standard InChI is InChI=1S/C13H9Cl2O4P/c14-10-7-4-8-11(15)12(10)13(16)19-20(17,18)9-5-2-1-3-6-9/h1-8H,(H,17,18). The normalized spacial score (nSPS) is 13.6. The monoisotopic (exact) mass is 330 g/mol. The van der Waals surface area contributed by atoms with Gasteiger partial charge in [-0.05, 0) is 24.3 Å². The average Bonchev–Trinajstić information content (AvgIpc) is 2.39. The summed E-state index contributed by atoms with van der Waals surface area (Å²) in [6.45, 7) is 0. The maximum atomic E-state index is 12.0. The average molecular weight is 331 g/mol. The maximum absolute atomic E-state index is 12.0. The van der Waals surface area contributed by atoms with Crippen LogP contribution in [0.3, 0.4) is 0 Å². The van der Waals surface area contributed by atoms with E-state index in [1.807, 2.05) is 0 Å². The van der Waals surface area contributed by atoms with Crippen LogP contribution in [0.1, 0.15) is 10.4 Å². The molecular weight excluding hydrogens is 322 g/mol. The molecule has 0 spiro atoms. The number of rotatable bonds is 3. The molecule has 4 nitrogen and oxygen atoms in total. The molecule has 0 aliphatic carbocycles. The molecule has 0 aromatic heterocycles. The molecule has 20 heavy (non-hydrogen) atoms. The van der Waals surface area contributed by atoms with Crippen molar-refractivity contribution in [1.82, 2.24) is 0 Å². The highest BCUT2D eigenvalue weighted by Gasteiger charge is 2.29. The summed E-state index contributed by atoms with van der Waals surface area (Å²) >= 11 is 11.7. The van der Waals surface area contributed by atoms with E-state index in [-0.39, 0.29) is 20.9 Å². The van der Waals surface area contributed by atoms with Crippen LogP contribution in [0.25, 0.3) is 0 Å². The highest BCUT2D eigenvalue weighted by Crippen LogP contribution is 2.42. The Hall–Kier alpha value is -1.32. The Bertz CT molecular complexity index is 668. The fourth-order valence-electron chi connectivity index (χ4n) is 1.52. The Morgan fingerprint density at radius 3 is 2.10 bits per heavy atom. The van der Waals surface area contributed by atoms with Crippen LogP contribution in [0.15, 0.2) is 48.5 Å². The van der Waals surface area contributed by atoms with Crippen LogP contribution < -0.4 is 5.30 Å². The van der Waals surface area contributed by atoms with Crippen molar-refractivity contribution in [3.8, 4) is 0 Å². The lowest BCUT2D eigenvalue weighted by molar-refractivity contribution is 0.0723. The van der Waals surface area contributed by atoms with Crippen molar-refractivity contribution in [1.29, 1.82) is 0 Å². The van der Waals surface area contributed by atoms with Crippen molar-refractivity contribution in [2.75, 3.05) is 0 Å². The minimum Gasteiger partial charge on any atom is -0.385 e. The summed E-state index contributed by atoms with van der Waals surface area (Å²) < 4.78 is 16.7. The number of carbonyl (C=O) groups is 1. The Labute approximate surface area is 125 Å². The van der Waals surface area contributed by atoms with E-state index < -0.39 is 13.6 Å². The van der Waals surface area contributed by atoms with E-state index in [2.05, 4.69) is 4.52 Å². The first-order valence-corrected chi connectivity index (χ1v) is 7.81. The van der Waals surface area contributed by atoms with Gasteiger partial charge in [0.25, 0.3) is 0 Å². The molecular formula is C13H9Cl2O4P. The van der Waals surface area contributed by atoms with E-state index in [9.17, 15) is 14.3 Å². The number of benzene rings is 2. The van der Waals surface area contributed by atoms with Crippen molar-refractivity contribution in [3.63, 3.8) is 0 Å². The minimum atomic E-state index is -4.27. The van der Waals surface area contributed by atoms with E-state index >= 15 is 0 Å². The van der Waals surface area contributed by atoms with Gasteiger partial charge in [-0.3, -0.25) is 0 Å². The summed E-state index contributed by atoms with van der Waals surface area (Å²) in [6.07, 6.45) is 0. The third-order valence-electron chi connectivity index (χ3n) is 2.46. The Morgan fingerprint density at radius 2 is 1.55 bits per heavy atom. The fraction of sp³-hybridized carbons (Fsp3) is 0. The van der Waals surface area contributed by atoms with Gasteiger partial charge in [0, 0.05) is 0 Å². The molecule has 0 saturated carbocycles. The molecule has 0 saturated heterocycles. The third-order valence-corrected chi connectivity index (χ3v) is 4.45. The Balaban J connectivity index is 2.31. The molecule has 0 aliphatic rings. The zero-order valence-corrected chi connectivity index (χ0v) is 12.4. The number of carbonyl (C=O) groups excluding carboxylic acids is 1. The summed E-state index contributed by atoms with van der Waals surface area (Å²) in [5.41, 5.74) is -0.138. The quantitative estimate of drug-likeness (QED) is 0.872. The summed E-state index contributed by atoms with van der Waals surface area (Å²) in [5.74, 6) is -1.05. The number of hydrogen-bond acceptors (Lipinski definition) is 3. The van der Waals surface area contributed by atoms with Gasteiger partial charge in [0.1, 0.15) is 0 Å². The first kappa shape index (κ1) is 15.1. The highest BCUT2D eigenvalue weighted by atomic mass is 35.5. The summed E-state index contributed by atoms with van der Waals surface area (Å²) in [4.78, 5) is 21.8. The van der Waals surface area contributed by atoms with Crippen molar-refractivity contribution in [2.45, 2.75) is 0 Å². The van der Waals surface area contributed by atoms with E-state index in [0.717, 1.165) is 0 Å². The zero-order chi connectivity index (χ0) is 14.8. The van der Waals surface area contributed by atoms with E-state index in [1.165, 1.54) is 24.3 Å². The molecule has 2 aromatic carbocycles. The lowest BCUT2D eigenvalue weighted by Gasteiger charge is -2.13. The topological polar surface area (TPSA) is 63.6 Å². The Kier molecular flexibility index (Phi) is 4.51. The van der Waals surface area contributed by atoms with Gasteiger partial charge in [0.05, 0.1) is 20.9 Å². The first-order chi connectivity index (χ1) is 9.42. The first-order valence-electron chi connectivity index (χ1n) is 5.48. The van der Waals surface area contributed by atoms with Crippen LogP contribution in [0.2, 0.25) is 10.0 Å². The predicted octanol–water partition coefficient (Wildman–Crippen LogP) is 3.66. The molecule has 7 heteroatoms. The molecule has 0 amide bonds. The van der Waals surface area contributed by atoms with Crippen LogP contribution >= 0.6 is 30.8 Å². The molecule has 0 radical (unpaired) electrons. The highest BCUT2D eigenvalue weighted by molar-refractivity contribution is 7.61. The molecule has 0 bridgehead atoms. The molecule has 1 unspecified atom stereocenters. The lowest BCUT2D eigenvalue weighted by atomic mass is 10.2. The smallest absolute Gasteiger partial charge is 0.385 e. The second-order valence-electron chi connectivity index (χ2n) is 3.83. The molecule has 0 aliphatic heterocycles. The van der Waals surface area contributed by atoms with Gasteiger partial charge >= 0.3 is 13.6 Å². The van der Waals surface area contributed by atoms with Gasteiger partial charge in [0.15, 0.2) is 0 Å². The largest absolute Gasteiger partial charge is 0.410 e. The fourth-order valence-corrected chi connectivity index (χ4v) is 3.04. The molecule has 0 heterocycles.